The highest BCUT2D eigenvalue weighted by atomic mass is 32.3. The summed E-state index contributed by atoms with van der Waals surface area (Å²) in [5.74, 6) is 0. The zero-order valence-electron chi connectivity index (χ0n) is 14.7. The molecule has 0 atom stereocenters. The monoisotopic (exact) mass is 416 g/mol. The zero-order chi connectivity index (χ0) is 18.4. The Morgan fingerprint density at radius 3 is 1.13 bits per heavy atom. The molecule has 0 aromatic carbocycles. The van der Waals surface area contributed by atoms with Crippen LogP contribution in [0.3, 0.4) is 0 Å². The van der Waals surface area contributed by atoms with Crippen LogP contribution in [0.4, 0.5) is 0 Å². The molecule has 0 saturated carbocycles. The van der Waals surface area contributed by atoms with Gasteiger partial charge in [-0.05, 0) is 54.1 Å². The fraction of sp³-hybridized carbons (Fsp3) is 0.714. The standard InChI is InChI=1S/C14H24O4S5/c1-13(2,3)22(15,16)11-9(19-7)10(20-8)12(21-11)23(17,18)14(4,5)6/h1-8H3. The summed E-state index contributed by atoms with van der Waals surface area (Å²) in [4.78, 5) is 1.08. The van der Waals surface area contributed by atoms with Crippen LogP contribution in [0.2, 0.25) is 0 Å². The number of hydrogen-bond acceptors (Lipinski definition) is 7. The van der Waals surface area contributed by atoms with Crippen LogP contribution in [-0.2, 0) is 19.7 Å². The minimum absolute atomic E-state index is 0.157. The molecular formula is C14H24O4S5. The van der Waals surface area contributed by atoms with Crippen LogP contribution in [0.5, 0.6) is 0 Å². The van der Waals surface area contributed by atoms with Crippen LogP contribution in [-0.4, -0.2) is 38.8 Å². The fourth-order valence-corrected chi connectivity index (χ4v) is 10.6. The van der Waals surface area contributed by atoms with Crippen LogP contribution in [0.1, 0.15) is 41.5 Å². The highest BCUT2D eigenvalue weighted by molar-refractivity contribution is 8.04. The second kappa shape index (κ2) is 6.55. The van der Waals surface area contributed by atoms with Crippen LogP contribution < -0.4 is 0 Å². The molecule has 4 nitrogen and oxygen atoms in total. The van der Waals surface area contributed by atoms with E-state index in [9.17, 15) is 16.8 Å². The lowest BCUT2D eigenvalue weighted by molar-refractivity contribution is 0.558. The SMILES string of the molecule is CSc1c(S(=O)(=O)C(C)(C)C)sc(S(=O)(=O)C(C)(C)C)c1SC. The number of thiophene rings is 1. The summed E-state index contributed by atoms with van der Waals surface area (Å²) in [7, 11) is -7.23. The average molecular weight is 417 g/mol. The number of rotatable bonds is 4. The van der Waals surface area contributed by atoms with Crippen molar-refractivity contribution in [2.24, 2.45) is 0 Å². The van der Waals surface area contributed by atoms with Gasteiger partial charge in [-0.1, -0.05) is 0 Å². The van der Waals surface area contributed by atoms with Gasteiger partial charge in [0.2, 0.25) is 0 Å². The molecule has 0 radical (unpaired) electrons. The zero-order valence-corrected chi connectivity index (χ0v) is 18.8. The Morgan fingerprint density at radius 2 is 0.957 bits per heavy atom. The van der Waals surface area contributed by atoms with Gasteiger partial charge in [0.15, 0.2) is 19.7 Å². The van der Waals surface area contributed by atoms with Crippen molar-refractivity contribution in [1.29, 1.82) is 0 Å². The van der Waals surface area contributed by atoms with E-state index in [1.165, 1.54) is 23.5 Å². The van der Waals surface area contributed by atoms with Gasteiger partial charge in [0.1, 0.15) is 8.42 Å². The lowest BCUT2D eigenvalue weighted by Crippen LogP contribution is -2.28. The van der Waals surface area contributed by atoms with Crippen LogP contribution in [0.25, 0.3) is 0 Å². The molecule has 0 unspecified atom stereocenters. The van der Waals surface area contributed by atoms with Crippen molar-refractivity contribution in [2.75, 3.05) is 12.5 Å². The highest BCUT2D eigenvalue weighted by Gasteiger charge is 2.41. The summed E-state index contributed by atoms with van der Waals surface area (Å²) in [5.41, 5.74) is 0. The smallest absolute Gasteiger partial charge is 0.193 e. The van der Waals surface area contributed by atoms with Gasteiger partial charge in [0, 0.05) is 0 Å². The second-order valence-corrected chi connectivity index (χ2v) is 15.4. The van der Waals surface area contributed by atoms with E-state index in [-0.39, 0.29) is 8.42 Å². The van der Waals surface area contributed by atoms with Crippen LogP contribution in [0, 0.1) is 0 Å². The number of hydrogen-bond donors (Lipinski definition) is 0. The summed E-state index contributed by atoms with van der Waals surface area (Å²) >= 11 is 3.45. The van der Waals surface area contributed by atoms with Gasteiger partial charge in [-0.2, -0.15) is 0 Å². The summed E-state index contributed by atoms with van der Waals surface area (Å²) in [5, 5.41) is 0. The molecule has 0 amide bonds. The van der Waals surface area contributed by atoms with Crippen LogP contribution in [0.15, 0.2) is 18.2 Å². The molecular weight excluding hydrogens is 392 g/mol. The van der Waals surface area contributed by atoms with Gasteiger partial charge in [0.25, 0.3) is 0 Å². The highest BCUT2D eigenvalue weighted by Crippen LogP contribution is 2.49. The fourth-order valence-electron chi connectivity index (χ4n) is 1.62. The van der Waals surface area contributed by atoms with Gasteiger partial charge < -0.3 is 0 Å². The minimum atomic E-state index is -3.62. The summed E-state index contributed by atoms with van der Waals surface area (Å²) in [6.45, 7) is 9.77. The molecule has 0 spiro atoms. The van der Waals surface area contributed by atoms with Gasteiger partial charge >= 0.3 is 0 Å². The van der Waals surface area contributed by atoms with Crippen LogP contribution >= 0.6 is 34.9 Å². The van der Waals surface area contributed by atoms with E-state index in [0.29, 0.717) is 9.79 Å². The molecule has 0 bridgehead atoms. The molecule has 0 aliphatic rings. The second-order valence-electron chi connectivity index (χ2n) is 6.98. The Balaban J connectivity index is 3.89. The number of sulfone groups is 2. The molecule has 1 aromatic heterocycles. The van der Waals surface area contributed by atoms with E-state index in [4.69, 9.17) is 0 Å². The van der Waals surface area contributed by atoms with E-state index in [2.05, 4.69) is 0 Å². The maximum atomic E-state index is 12.9. The van der Waals surface area contributed by atoms with Crippen molar-refractivity contribution in [3.8, 4) is 0 Å². The molecule has 134 valence electrons. The molecule has 0 fully saturated rings. The molecule has 0 aliphatic carbocycles. The van der Waals surface area contributed by atoms with E-state index in [1.54, 1.807) is 54.1 Å². The first kappa shape index (κ1) is 21.3. The third kappa shape index (κ3) is 3.63. The first-order valence-corrected chi connectivity index (χ1v) is 13.1. The Bertz CT molecular complexity index is 721. The summed E-state index contributed by atoms with van der Waals surface area (Å²) < 4.78 is 49.9. The van der Waals surface area contributed by atoms with Gasteiger partial charge in [-0.25, -0.2) is 16.8 Å². The van der Waals surface area contributed by atoms with E-state index in [0.717, 1.165) is 11.3 Å². The lowest BCUT2D eigenvalue weighted by atomic mass is 10.3. The molecule has 9 heteroatoms. The Kier molecular flexibility index (Phi) is 6.08. The van der Waals surface area contributed by atoms with Crippen molar-refractivity contribution in [1.82, 2.24) is 0 Å². The average Bonchev–Trinajstić information content (AvgIpc) is 2.75. The van der Waals surface area contributed by atoms with Crippen molar-refractivity contribution in [3.63, 3.8) is 0 Å². The van der Waals surface area contributed by atoms with Gasteiger partial charge in [0.05, 0.1) is 19.3 Å². The predicted molar refractivity (Wildman–Crippen MR) is 102 cm³/mol. The van der Waals surface area contributed by atoms with Crippen molar-refractivity contribution in [3.05, 3.63) is 0 Å². The number of thioether (sulfide) groups is 2. The van der Waals surface area contributed by atoms with E-state index in [1.807, 2.05) is 0 Å². The largest absolute Gasteiger partial charge is 0.222 e. The van der Waals surface area contributed by atoms with Crippen molar-refractivity contribution < 1.29 is 16.8 Å². The molecule has 1 aromatic rings. The molecule has 0 N–H and O–H groups in total. The third-order valence-corrected chi connectivity index (χ3v) is 12.8. The van der Waals surface area contributed by atoms with Crippen molar-refractivity contribution >= 4 is 54.5 Å². The molecule has 0 saturated heterocycles. The minimum Gasteiger partial charge on any atom is -0.222 e. The molecule has 0 aliphatic heterocycles. The van der Waals surface area contributed by atoms with Gasteiger partial charge in [-0.3, -0.25) is 0 Å². The third-order valence-electron chi connectivity index (χ3n) is 3.27. The van der Waals surface area contributed by atoms with Gasteiger partial charge in [-0.15, -0.1) is 34.9 Å². The van der Waals surface area contributed by atoms with Crippen molar-refractivity contribution in [2.45, 2.75) is 69.2 Å². The maximum Gasteiger partial charge on any atom is 0.193 e. The predicted octanol–water partition coefficient (Wildman–Crippen LogP) is 4.34. The normalized spacial score (nSPS) is 14.3. The molecule has 1 heterocycles. The van der Waals surface area contributed by atoms with E-state index < -0.39 is 29.2 Å². The Morgan fingerprint density at radius 1 is 0.696 bits per heavy atom. The Hall–Kier alpha value is 0.300. The summed E-state index contributed by atoms with van der Waals surface area (Å²) in [6.07, 6.45) is 3.55. The topological polar surface area (TPSA) is 68.3 Å². The Labute approximate surface area is 152 Å². The maximum absolute atomic E-state index is 12.9. The molecule has 23 heavy (non-hydrogen) atoms. The first-order valence-electron chi connectivity index (χ1n) is 6.87. The quantitative estimate of drug-likeness (QED) is 0.680. The first-order chi connectivity index (χ1) is 10.1. The van der Waals surface area contributed by atoms with E-state index >= 15 is 0 Å². The lowest BCUT2D eigenvalue weighted by Gasteiger charge is -2.19. The summed E-state index contributed by atoms with van der Waals surface area (Å²) in [6, 6.07) is 0. The molecule has 1 rings (SSSR count).